The van der Waals surface area contributed by atoms with Crippen LogP contribution in [0.25, 0.3) is 0 Å². The van der Waals surface area contributed by atoms with Crippen LogP contribution in [0.3, 0.4) is 0 Å². The van der Waals surface area contributed by atoms with Gasteiger partial charge >= 0.3 is 0 Å². The van der Waals surface area contributed by atoms with Crippen LogP contribution >= 0.6 is 15.9 Å². The second-order valence-electron chi connectivity index (χ2n) is 5.24. The second kappa shape index (κ2) is 5.94. The highest BCUT2D eigenvalue weighted by molar-refractivity contribution is 9.10. The van der Waals surface area contributed by atoms with Gasteiger partial charge in [-0.15, -0.1) is 0 Å². The van der Waals surface area contributed by atoms with E-state index in [2.05, 4.69) is 26.0 Å². The SMILES string of the molecule is Cc1c(N)cc(Br)cc1S(=O)(=O)NC(C)C(=O)NC1CC1. The Kier molecular flexibility index (Phi) is 4.60. The molecule has 0 aliphatic heterocycles. The van der Waals surface area contributed by atoms with Crippen LogP contribution in [-0.4, -0.2) is 26.4 Å². The van der Waals surface area contributed by atoms with Crippen LogP contribution in [0, 0.1) is 6.92 Å². The first-order valence-electron chi connectivity index (χ1n) is 6.59. The molecule has 1 amide bonds. The first-order chi connectivity index (χ1) is 9.70. The van der Waals surface area contributed by atoms with Crippen molar-refractivity contribution in [2.45, 2.75) is 43.7 Å². The molecule has 1 aliphatic rings. The number of rotatable bonds is 5. The van der Waals surface area contributed by atoms with Gasteiger partial charge in [-0.05, 0) is 44.4 Å². The molecule has 0 spiro atoms. The van der Waals surface area contributed by atoms with Crippen LogP contribution in [0.5, 0.6) is 0 Å². The molecule has 4 N–H and O–H groups in total. The fraction of sp³-hybridized carbons (Fsp3) is 0.462. The summed E-state index contributed by atoms with van der Waals surface area (Å²) in [5.41, 5.74) is 6.62. The number of amides is 1. The summed E-state index contributed by atoms with van der Waals surface area (Å²) < 4.78 is 27.8. The summed E-state index contributed by atoms with van der Waals surface area (Å²) in [6, 6.07) is 2.46. The molecule has 1 saturated carbocycles. The van der Waals surface area contributed by atoms with Gasteiger partial charge in [0, 0.05) is 16.2 Å². The number of hydrogen-bond acceptors (Lipinski definition) is 4. The lowest BCUT2D eigenvalue weighted by molar-refractivity contribution is -0.122. The summed E-state index contributed by atoms with van der Waals surface area (Å²) in [5.74, 6) is -0.318. The molecule has 0 heterocycles. The van der Waals surface area contributed by atoms with Crippen LogP contribution in [0.1, 0.15) is 25.3 Å². The Hall–Kier alpha value is -1.12. The van der Waals surface area contributed by atoms with E-state index in [1.54, 1.807) is 13.0 Å². The molecule has 8 heteroatoms. The number of halogens is 1. The topological polar surface area (TPSA) is 101 Å². The Bertz CT molecular complexity index is 671. The van der Waals surface area contributed by atoms with Gasteiger partial charge in [0.25, 0.3) is 0 Å². The quantitative estimate of drug-likeness (QED) is 0.674. The van der Waals surface area contributed by atoms with Crippen molar-refractivity contribution in [3.8, 4) is 0 Å². The van der Waals surface area contributed by atoms with Crippen molar-refractivity contribution >= 4 is 37.5 Å². The van der Waals surface area contributed by atoms with E-state index in [0.29, 0.717) is 15.7 Å². The molecule has 116 valence electrons. The average Bonchev–Trinajstić information content (AvgIpc) is 3.16. The molecule has 1 aromatic rings. The summed E-state index contributed by atoms with van der Waals surface area (Å²) >= 11 is 3.22. The molecule has 0 aromatic heterocycles. The summed E-state index contributed by atoms with van der Waals surface area (Å²) in [6.45, 7) is 3.15. The number of carbonyl (C=O) groups excluding carboxylic acids is 1. The Labute approximate surface area is 132 Å². The maximum absolute atomic E-state index is 12.4. The van der Waals surface area contributed by atoms with Gasteiger partial charge in [0.2, 0.25) is 15.9 Å². The summed E-state index contributed by atoms with van der Waals surface area (Å²) in [5, 5.41) is 2.77. The van der Waals surface area contributed by atoms with E-state index in [1.165, 1.54) is 13.0 Å². The average molecular weight is 376 g/mol. The van der Waals surface area contributed by atoms with E-state index >= 15 is 0 Å². The molecule has 6 nitrogen and oxygen atoms in total. The molecule has 21 heavy (non-hydrogen) atoms. The lowest BCUT2D eigenvalue weighted by Crippen LogP contribution is -2.45. The highest BCUT2D eigenvalue weighted by atomic mass is 79.9. The number of carbonyl (C=O) groups is 1. The van der Waals surface area contributed by atoms with Crippen molar-refractivity contribution in [3.05, 3.63) is 22.2 Å². The van der Waals surface area contributed by atoms with E-state index in [4.69, 9.17) is 5.73 Å². The number of anilines is 1. The van der Waals surface area contributed by atoms with Gasteiger partial charge in [-0.1, -0.05) is 15.9 Å². The Morgan fingerprint density at radius 3 is 2.62 bits per heavy atom. The molecular formula is C13H18BrN3O3S. The molecule has 0 radical (unpaired) electrons. The lowest BCUT2D eigenvalue weighted by Gasteiger charge is -2.16. The minimum Gasteiger partial charge on any atom is -0.398 e. The standard InChI is InChI=1S/C13H18BrN3O3S/c1-7-11(15)5-9(14)6-12(7)21(19,20)17-8(2)13(18)16-10-3-4-10/h5-6,8,10,17H,3-4,15H2,1-2H3,(H,16,18). The van der Waals surface area contributed by atoms with Crippen molar-refractivity contribution in [2.24, 2.45) is 0 Å². The van der Waals surface area contributed by atoms with Crippen molar-refractivity contribution < 1.29 is 13.2 Å². The highest BCUT2D eigenvalue weighted by Crippen LogP contribution is 2.26. The van der Waals surface area contributed by atoms with Gasteiger partial charge in [0.1, 0.15) is 0 Å². The largest absolute Gasteiger partial charge is 0.398 e. The van der Waals surface area contributed by atoms with Crippen molar-refractivity contribution in [1.82, 2.24) is 10.0 Å². The van der Waals surface area contributed by atoms with E-state index in [0.717, 1.165) is 12.8 Å². The monoisotopic (exact) mass is 375 g/mol. The van der Waals surface area contributed by atoms with Crippen molar-refractivity contribution in [1.29, 1.82) is 0 Å². The number of nitrogen functional groups attached to an aromatic ring is 1. The molecule has 1 fully saturated rings. The van der Waals surface area contributed by atoms with Gasteiger partial charge in [0.05, 0.1) is 10.9 Å². The molecule has 2 rings (SSSR count). The minimum absolute atomic E-state index is 0.0699. The number of sulfonamides is 1. The van der Waals surface area contributed by atoms with Crippen LogP contribution < -0.4 is 15.8 Å². The third-order valence-electron chi connectivity index (χ3n) is 3.30. The van der Waals surface area contributed by atoms with Crippen LogP contribution in [0.4, 0.5) is 5.69 Å². The molecule has 1 aromatic carbocycles. The lowest BCUT2D eigenvalue weighted by atomic mass is 10.2. The maximum Gasteiger partial charge on any atom is 0.241 e. The van der Waals surface area contributed by atoms with Gasteiger partial charge < -0.3 is 11.1 Å². The Morgan fingerprint density at radius 2 is 2.05 bits per heavy atom. The smallest absolute Gasteiger partial charge is 0.241 e. The van der Waals surface area contributed by atoms with Crippen LogP contribution in [0.15, 0.2) is 21.5 Å². The van der Waals surface area contributed by atoms with Gasteiger partial charge in [0.15, 0.2) is 0 Å². The molecule has 0 saturated heterocycles. The Balaban J connectivity index is 2.19. The zero-order valence-electron chi connectivity index (χ0n) is 11.8. The maximum atomic E-state index is 12.4. The van der Waals surface area contributed by atoms with Gasteiger partial charge in [-0.3, -0.25) is 4.79 Å². The zero-order valence-corrected chi connectivity index (χ0v) is 14.2. The second-order valence-corrected chi connectivity index (χ2v) is 7.84. The molecule has 0 bridgehead atoms. The highest BCUT2D eigenvalue weighted by Gasteiger charge is 2.28. The normalized spacial score (nSPS) is 16.5. The molecule has 1 aliphatic carbocycles. The van der Waals surface area contributed by atoms with E-state index < -0.39 is 16.1 Å². The summed E-state index contributed by atoms with van der Waals surface area (Å²) in [6.07, 6.45) is 1.90. The van der Waals surface area contributed by atoms with Crippen LogP contribution in [0.2, 0.25) is 0 Å². The number of hydrogen-bond donors (Lipinski definition) is 3. The predicted octanol–water partition coefficient (Wildman–Crippen LogP) is 1.29. The Morgan fingerprint density at radius 1 is 1.43 bits per heavy atom. The molecular weight excluding hydrogens is 358 g/mol. The van der Waals surface area contributed by atoms with E-state index in [-0.39, 0.29) is 16.8 Å². The van der Waals surface area contributed by atoms with Crippen molar-refractivity contribution in [3.63, 3.8) is 0 Å². The predicted molar refractivity (Wildman–Crippen MR) is 84.2 cm³/mol. The van der Waals surface area contributed by atoms with Gasteiger partial charge in [-0.2, -0.15) is 4.72 Å². The first kappa shape index (κ1) is 16.3. The number of benzene rings is 1. The third kappa shape index (κ3) is 3.96. The van der Waals surface area contributed by atoms with Crippen molar-refractivity contribution in [2.75, 3.05) is 5.73 Å². The molecule has 1 atom stereocenters. The van der Waals surface area contributed by atoms with Gasteiger partial charge in [-0.25, -0.2) is 8.42 Å². The fourth-order valence-electron chi connectivity index (χ4n) is 1.86. The minimum atomic E-state index is -3.82. The van der Waals surface area contributed by atoms with E-state index in [9.17, 15) is 13.2 Å². The number of nitrogens with two attached hydrogens (primary N) is 1. The fourth-order valence-corrected chi connectivity index (χ4v) is 3.99. The molecule has 1 unspecified atom stereocenters. The first-order valence-corrected chi connectivity index (χ1v) is 8.86. The van der Waals surface area contributed by atoms with E-state index in [1.807, 2.05) is 0 Å². The number of nitrogens with one attached hydrogen (secondary N) is 2. The summed E-state index contributed by atoms with van der Waals surface area (Å²) in [7, 11) is -3.82. The zero-order chi connectivity index (χ0) is 15.8. The third-order valence-corrected chi connectivity index (χ3v) is 5.43. The van der Waals surface area contributed by atoms with Crippen LogP contribution in [-0.2, 0) is 14.8 Å². The summed E-state index contributed by atoms with van der Waals surface area (Å²) in [4.78, 5) is 11.9.